The van der Waals surface area contributed by atoms with Gasteiger partial charge in [-0.05, 0) is 24.8 Å². The minimum atomic E-state index is -0.908. The Morgan fingerprint density at radius 3 is 2.44 bits per heavy atom. The second kappa shape index (κ2) is 8.13. The SMILES string of the molecule is Cl.N[C@@H](CCCCc1ccccc1)C(=O)O. The van der Waals surface area contributed by atoms with E-state index in [4.69, 9.17) is 10.8 Å². The highest BCUT2D eigenvalue weighted by Crippen LogP contribution is 2.07. The topological polar surface area (TPSA) is 63.3 Å². The van der Waals surface area contributed by atoms with E-state index in [2.05, 4.69) is 12.1 Å². The largest absolute Gasteiger partial charge is 0.480 e. The van der Waals surface area contributed by atoms with Gasteiger partial charge < -0.3 is 10.8 Å². The van der Waals surface area contributed by atoms with Crippen LogP contribution in [0.1, 0.15) is 24.8 Å². The molecule has 1 aromatic rings. The maximum absolute atomic E-state index is 10.4. The van der Waals surface area contributed by atoms with Crippen molar-refractivity contribution < 1.29 is 9.90 Å². The molecule has 0 bridgehead atoms. The number of hydrogen-bond acceptors (Lipinski definition) is 2. The molecule has 0 fully saturated rings. The number of rotatable bonds is 6. The minimum absolute atomic E-state index is 0. The van der Waals surface area contributed by atoms with Crippen LogP contribution in [-0.2, 0) is 11.2 Å². The molecule has 4 heteroatoms. The van der Waals surface area contributed by atoms with Crippen LogP contribution in [0.5, 0.6) is 0 Å². The first-order valence-corrected chi connectivity index (χ1v) is 5.22. The number of carboxylic acids is 1. The van der Waals surface area contributed by atoms with Crippen molar-refractivity contribution in [2.24, 2.45) is 5.73 Å². The molecule has 0 radical (unpaired) electrons. The van der Waals surface area contributed by atoms with E-state index in [1.54, 1.807) is 0 Å². The molecule has 90 valence electrons. The van der Waals surface area contributed by atoms with Gasteiger partial charge in [-0.15, -0.1) is 12.4 Å². The Hall–Kier alpha value is -1.06. The number of nitrogens with two attached hydrogens (primary N) is 1. The molecule has 0 amide bonds. The highest BCUT2D eigenvalue weighted by Gasteiger charge is 2.09. The normalized spacial score (nSPS) is 11.6. The third-order valence-corrected chi connectivity index (χ3v) is 2.39. The summed E-state index contributed by atoms with van der Waals surface area (Å²) in [4.78, 5) is 10.4. The van der Waals surface area contributed by atoms with E-state index < -0.39 is 12.0 Å². The summed E-state index contributed by atoms with van der Waals surface area (Å²) >= 11 is 0. The van der Waals surface area contributed by atoms with Gasteiger partial charge in [0.1, 0.15) is 6.04 Å². The lowest BCUT2D eigenvalue weighted by molar-refractivity contribution is -0.138. The van der Waals surface area contributed by atoms with Gasteiger partial charge in [0, 0.05) is 0 Å². The van der Waals surface area contributed by atoms with Gasteiger partial charge in [0.05, 0.1) is 0 Å². The molecule has 1 atom stereocenters. The van der Waals surface area contributed by atoms with Gasteiger partial charge in [0.2, 0.25) is 0 Å². The highest BCUT2D eigenvalue weighted by molar-refractivity contribution is 5.85. The monoisotopic (exact) mass is 243 g/mol. The first-order valence-electron chi connectivity index (χ1n) is 5.22. The van der Waals surface area contributed by atoms with Crippen molar-refractivity contribution in [1.82, 2.24) is 0 Å². The van der Waals surface area contributed by atoms with Gasteiger partial charge in [-0.25, -0.2) is 0 Å². The summed E-state index contributed by atoms with van der Waals surface area (Å²) in [6.45, 7) is 0. The minimum Gasteiger partial charge on any atom is -0.480 e. The Morgan fingerprint density at radius 2 is 1.88 bits per heavy atom. The van der Waals surface area contributed by atoms with E-state index in [0.29, 0.717) is 6.42 Å². The van der Waals surface area contributed by atoms with E-state index in [0.717, 1.165) is 19.3 Å². The molecule has 3 N–H and O–H groups in total. The van der Waals surface area contributed by atoms with Crippen LogP contribution < -0.4 is 5.73 Å². The Labute approximate surface area is 102 Å². The van der Waals surface area contributed by atoms with E-state index in [-0.39, 0.29) is 12.4 Å². The van der Waals surface area contributed by atoms with Crippen molar-refractivity contribution in [2.75, 3.05) is 0 Å². The van der Waals surface area contributed by atoms with Crippen molar-refractivity contribution in [1.29, 1.82) is 0 Å². The first kappa shape index (κ1) is 14.9. The van der Waals surface area contributed by atoms with Crippen LogP contribution in [0, 0.1) is 0 Å². The quantitative estimate of drug-likeness (QED) is 0.754. The second-order valence-electron chi connectivity index (χ2n) is 3.68. The van der Waals surface area contributed by atoms with E-state index in [1.165, 1.54) is 5.56 Å². The highest BCUT2D eigenvalue weighted by atomic mass is 35.5. The van der Waals surface area contributed by atoms with Gasteiger partial charge in [-0.1, -0.05) is 36.8 Å². The molecule has 0 unspecified atom stereocenters. The molecule has 16 heavy (non-hydrogen) atoms. The number of unbranched alkanes of at least 4 members (excludes halogenated alkanes) is 1. The first-order chi connectivity index (χ1) is 7.20. The number of carboxylic acid groups (broad SMARTS) is 1. The molecular weight excluding hydrogens is 226 g/mol. The number of aliphatic carboxylic acids is 1. The van der Waals surface area contributed by atoms with Crippen LogP contribution >= 0.6 is 12.4 Å². The molecule has 0 spiro atoms. The fraction of sp³-hybridized carbons (Fsp3) is 0.417. The molecule has 0 heterocycles. The van der Waals surface area contributed by atoms with Crippen molar-refractivity contribution in [3.63, 3.8) is 0 Å². The van der Waals surface area contributed by atoms with Crippen LogP contribution in [0.2, 0.25) is 0 Å². The second-order valence-corrected chi connectivity index (χ2v) is 3.68. The van der Waals surface area contributed by atoms with Crippen LogP contribution in [0.3, 0.4) is 0 Å². The van der Waals surface area contributed by atoms with E-state index >= 15 is 0 Å². The summed E-state index contributed by atoms with van der Waals surface area (Å²) in [5.41, 5.74) is 6.69. The average Bonchev–Trinajstić information content (AvgIpc) is 2.25. The Balaban J connectivity index is 0.00000225. The molecular formula is C12H18ClNO2. The number of hydrogen-bond donors (Lipinski definition) is 2. The van der Waals surface area contributed by atoms with E-state index in [9.17, 15) is 4.79 Å². The molecule has 0 saturated carbocycles. The molecule has 0 aliphatic heterocycles. The fourth-order valence-electron chi connectivity index (χ4n) is 1.46. The lowest BCUT2D eigenvalue weighted by atomic mass is 10.0. The molecule has 0 saturated heterocycles. The lowest BCUT2D eigenvalue weighted by Crippen LogP contribution is -2.29. The van der Waals surface area contributed by atoms with Gasteiger partial charge in [-0.2, -0.15) is 0 Å². The molecule has 3 nitrogen and oxygen atoms in total. The summed E-state index contributed by atoms with van der Waals surface area (Å²) < 4.78 is 0. The standard InChI is InChI=1S/C12H17NO2.ClH/c13-11(12(14)15)9-5-4-8-10-6-2-1-3-7-10;/h1-3,6-7,11H,4-5,8-9,13H2,(H,14,15);1H/t11-;/m0./s1. The third kappa shape index (κ3) is 5.73. The average molecular weight is 244 g/mol. The van der Waals surface area contributed by atoms with Crippen molar-refractivity contribution >= 4 is 18.4 Å². The third-order valence-electron chi connectivity index (χ3n) is 2.39. The lowest BCUT2D eigenvalue weighted by Gasteiger charge is -2.05. The van der Waals surface area contributed by atoms with Crippen molar-refractivity contribution in [3.05, 3.63) is 35.9 Å². The van der Waals surface area contributed by atoms with Gasteiger partial charge in [-0.3, -0.25) is 4.79 Å². The summed E-state index contributed by atoms with van der Waals surface area (Å²) in [5, 5.41) is 8.57. The van der Waals surface area contributed by atoms with Crippen LogP contribution in [0.25, 0.3) is 0 Å². The summed E-state index contributed by atoms with van der Waals surface area (Å²) in [7, 11) is 0. The Bertz CT molecular complexity index is 303. The Morgan fingerprint density at radius 1 is 1.25 bits per heavy atom. The maximum atomic E-state index is 10.4. The van der Waals surface area contributed by atoms with Gasteiger partial charge >= 0.3 is 5.97 Å². The summed E-state index contributed by atoms with van der Waals surface area (Å²) in [5.74, 6) is -0.908. The predicted octanol–water partition coefficient (Wildman–Crippen LogP) is 2.23. The van der Waals surface area contributed by atoms with Crippen LogP contribution in [0.15, 0.2) is 30.3 Å². The molecule has 0 aromatic heterocycles. The number of carbonyl (C=O) groups is 1. The van der Waals surface area contributed by atoms with E-state index in [1.807, 2.05) is 18.2 Å². The molecule has 1 rings (SSSR count). The van der Waals surface area contributed by atoms with Crippen LogP contribution in [0.4, 0.5) is 0 Å². The summed E-state index contributed by atoms with van der Waals surface area (Å²) in [6.07, 6.45) is 3.41. The van der Waals surface area contributed by atoms with Gasteiger partial charge in [0.15, 0.2) is 0 Å². The zero-order chi connectivity index (χ0) is 11.1. The number of aryl methyl sites for hydroxylation is 1. The molecule has 1 aromatic carbocycles. The predicted molar refractivity (Wildman–Crippen MR) is 66.9 cm³/mol. The maximum Gasteiger partial charge on any atom is 0.320 e. The number of halogens is 1. The molecule has 0 aliphatic carbocycles. The van der Waals surface area contributed by atoms with Crippen molar-refractivity contribution in [2.45, 2.75) is 31.7 Å². The fourth-order valence-corrected chi connectivity index (χ4v) is 1.46. The zero-order valence-electron chi connectivity index (χ0n) is 9.13. The smallest absolute Gasteiger partial charge is 0.320 e. The Kier molecular flexibility index (Phi) is 7.60. The number of benzene rings is 1. The summed E-state index contributed by atoms with van der Waals surface area (Å²) in [6, 6.07) is 9.47. The van der Waals surface area contributed by atoms with Crippen molar-refractivity contribution in [3.8, 4) is 0 Å². The molecule has 0 aliphatic rings. The zero-order valence-corrected chi connectivity index (χ0v) is 9.95. The van der Waals surface area contributed by atoms with Gasteiger partial charge in [0.25, 0.3) is 0 Å². The van der Waals surface area contributed by atoms with Crippen LogP contribution in [-0.4, -0.2) is 17.1 Å².